The van der Waals surface area contributed by atoms with E-state index in [0.29, 0.717) is 0 Å². The summed E-state index contributed by atoms with van der Waals surface area (Å²) in [5.41, 5.74) is 0. The van der Waals surface area contributed by atoms with Gasteiger partial charge in [-0.3, -0.25) is 0 Å². The van der Waals surface area contributed by atoms with Crippen LogP contribution in [0.4, 0.5) is 4.79 Å². The van der Waals surface area contributed by atoms with Crippen LogP contribution in [0.5, 0.6) is 0 Å². The Morgan fingerprint density at radius 2 is 1.25 bits per heavy atom. The van der Waals surface area contributed by atoms with Gasteiger partial charge in [-0.2, -0.15) is 0 Å². The fraction of sp³-hybridized carbons (Fsp3) is 0. The van der Waals surface area contributed by atoms with Gasteiger partial charge in [0.15, 0.2) is 34.7 Å². The van der Waals surface area contributed by atoms with Crippen molar-refractivity contribution in [1.29, 1.82) is 0 Å². The number of rotatable bonds is 0. The molecule has 0 rings (SSSR count). The Kier molecular flexibility index (Phi) is 113. The topological polar surface area (TPSA) is 89.0 Å². The third kappa shape index (κ3) is 301. The fourth-order valence-corrected chi connectivity index (χ4v) is 0. The molecule has 0 amide bonds. The molecule has 46 valence electrons. The van der Waals surface area contributed by atoms with Crippen molar-refractivity contribution >= 4 is 40.9 Å². The molecule has 0 aromatic carbocycles. The minimum absolute atomic E-state index is 0. The van der Waals surface area contributed by atoms with E-state index in [9.17, 15) is 0 Å². The van der Waals surface area contributed by atoms with Crippen LogP contribution in [-0.4, -0.2) is 56.6 Å². The summed E-state index contributed by atoms with van der Waals surface area (Å²) < 4.78 is 0. The SMILES string of the molecule is O.O=C(O)O.[AlH3].[AlH3].[H-].[Li+]. The van der Waals surface area contributed by atoms with Crippen molar-refractivity contribution in [3.8, 4) is 0 Å². The van der Waals surface area contributed by atoms with Crippen molar-refractivity contribution in [2.24, 2.45) is 0 Å². The van der Waals surface area contributed by atoms with Gasteiger partial charge in [0.2, 0.25) is 0 Å². The summed E-state index contributed by atoms with van der Waals surface area (Å²) in [6.45, 7) is 0. The first-order valence-electron chi connectivity index (χ1n) is 0.651. The van der Waals surface area contributed by atoms with E-state index < -0.39 is 6.16 Å². The molecule has 4 N–H and O–H groups in total. The van der Waals surface area contributed by atoms with Crippen LogP contribution in [0.3, 0.4) is 0 Å². The van der Waals surface area contributed by atoms with Gasteiger partial charge < -0.3 is 17.1 Å². The van der Waals surface area contributed by atoms with Gasteiger partial charge in [-0.05, 0) is 0 Å². The fourth-order valence-electron chi connectivity index (χ4n) is 0. The van der Waals surface area contributed by atoms with E-state index in [1.807, 2.05) is 0 Å². The molecule has 0 aromatic heterocycles. The molecule has 0 radical (unpaired) electrons. The van der Waals surface area contributed by atoms with Crippen LogP contribution >= 0.6 is 0 Å². The smallest absolute Gasteiger partial charge is 1.00 e. The molecule has 8 heavy (non-hydrogen) atoms. The predicted octanol–water partition coefficient (Wildman–Crippen LogP) is -5.85. The number of carboxylic acid groups (broad SMARTS) is 2. The van der Waals surface area contributed by atoms with Crippen molar-refractivity contribution in [2.45, 2.75) is 0 Å². The summed E-state index contributed by atoms with van der Waals surface area (Å²) in [6.07, 6.45) is -1.83. The molecule has 4 nitrogen and oxygen atoms in total. The van der Waals surface area contributed by atoms with E-state index in [1.165, 1.54) is 0 Å². The van der Waals surface area contributed by atoms with Crippen molar-refractivity contribution in [2.75, 3.05) is 0 Å². The standard InChI is InChI=1S/CH2O3.2Al.Li.H2O.7H/c2-1(3)4;;;;;;;;;;;/h(H2,2,3,4);;;;1H2;;;;;;;/q;;;+1;;;;;;;;-1. The van der Waals surface area contributed by atoms with Gasteiger partial charge in [0.1, 0.15) is 0 Å². The Hall–Kier alpha value is 0.892. The van der Waals surface area contributed by atoms with Gasteiger partial charge in [-0.15, -0.1) is 0 Å². The van der Waals surface area contributed by atoms with Crippen molar-refractivity contribution < 1.29 is 40.8 Å². The minimum atomic E-state index is -1.83. The quantitative estimate of drug-likeness (QED) is 0.335. The molecule has 0 saturated heterocycles. The Balaban J connectivity index is -0.00000000450. The third-order valence-electron chi connectivity index (χ3n) is 0. The summed E-state index contributed by atoms with van der Waals surface area (Å²) >= 11 is 0. The van der Waals surface area contributed by atoms with Crippen LogP contribution in [0, 0.1) is 0 Å². The second-order valence-corrected chi connectivity index (χ2v) is 0.283. The van der Waals surface area contributed by atoms with Gasteiger partial charge in [0, 0.05) is 0 Å². The number of hydrogen-bond acceptors (Lipinski definition) is 1. The molecule has 0 heterocycles. The summed E-state index contributed by atoms with van der Waals surface area (Å²) in [7, 11) is 0. The second kappa shape index (κ2) is 24.7. The Morgan fingerprint density at radius 1 is 1.25 bits per heavy atom. The van der Waals surface area contributed by atoms with E-state index in [0.717, 1.165) is 0 Å². The zero-order valence-corrected chi connectivity index (χ0v) is 3.30. The first-order valence-corrected chi connectivity index (χ1v) is 0.651. The van der Waals surface area contributed by atoms with Crippen molar-refractivity contribution in [3.63, 3.8) is 0 Å². The summed E-state index contributed by atoms with van der Waals surface area (Å²) in [5.74, 6) is 0. The number of carbonyl (C=O) groups is 1. The monoisotopic (exact) mass is 148 g/mol. The molecule has 0 atom stereocenters. The number of hydrogen-bond donors (Lipinski definition) is 2. The van der Waals surface area contributed by atoms with E-state index in [4.69, 9.17) is 15.0 Å². The van der Waals surface area contributed by atoms with Gasteiger partial charge in [-0.25, -0.2) is 4.79 Å². The third-order valence-corrected chi connectivity index (χ3v) is 0. The average molecular weight is 148 g/mol. The maximum Gasteiger partial charge on any atom is 1.00 e. The van der Waals surface area contributed by atoms with Crippen molar-refractivity contribution in [1.82, 2.24) is 0 Å². The Labute approximate surface area is 81.5 Å². The largest absolute Gasteiger partial charge is 1.00 e. The molecule has 0 aliphatic carbocycles. The molecule has 0 aromatic rings. The van der Waals surface area contributed by atoms with E-state index in [2.05, 4.69) is 0 Å². The Morgan fingerprint density at radius 3 is 1.25 bits per heavy atom. The normalized spacial score (nSPS) is 3.00. The predicted molar refractivity (Wildman–Crippen MR) is 35.3 cm³/mol. The van der Waals surface area contributed by atoms with E-state index >= 15 is 0 Å². The van der Waals surface area contributed by atoms with Crippen LogP contribution in [0.25, 0.3) is 0 Å². The molecule has 0 aliphatic rings. The molecule has 0 saturated carbocycles. The molecule has 0 fully saturated rings. The molecule has 7 heteroatoms. The maximum atomic E-state index is 8.56. The van der Waals surface area contributed by atoms with Gasteiger partial charge in [-0.1, -0.05) is 0 Å². The van der Waals surface area contributed by atoms with Gasteiger partial charge in [0.05, 0.1) is 0 Å². The minimum Gasteiger partial charge on any atom is -1.00 e. The molecule has 0 aliphatic heterocycles. The Bertz CT molecular complexity index is 41.5. The summed E-state index contributed by atoms with van der Waals surface area (Å²) in [5, 5.41) is 13.9. The zero-order chi connectivity index (χ0) is 3.58. The second-order valence-electron chi connectivity index (χ2n) is 0.283. The van der Waals surface area contributed by atoms with Gasteiger partial charge in [0.25, 0.3) is 0 Å². The summed E-state index contributed by atoms with van der Waals surface area (Å²) in [6, 6.07) is 0. The molecular weight excluding hydrogens is 137 g/mol. The first kappa shape index (κ1) is 36.6. The maximum absolute atomic E-state index is 8.56. The molecular formula is CH11Al2LiO4. The first-order chi connectivity index (χ1) is 1.73. The van der Waals surface area contributed by atoms with Crippen LogP contribution in [0.15, 0.2) is 0 Å². The summed E-state index contributed by atoms with van der Waals surface area (Å²) in [4.78, 5) is 8.56. The van der Waals surface area contributed by atoms with Crippen LogP contribution in [0.2, 0.25) is 0 Å². The zero-order valence-electron chi connectivity index (χ0n) is 4.30. The van der Waals surface area contributed by atoms with Crippen LogP contribution in [0.1, 0.15) is 1.43 Å². The van der Waals surface area contributed by atoms with Crippen LogP contribution < -0.4 is 18.9 Å². The van der Waals surface area contributed by atoms with Crippen molar-refractivity contribution in [3.05, 3.63) is 0 Å². The molecule has 0 spiro atoms. The molecule has 0 bridgehead atoms. The van der Waals surface area contributed by atoms with Crippen LogP contribution in [-0.2, 0) is 0 Å². The molecule has 0 unspecified atom stereocenters. The van der Waals surface area contributed by atoms with E-state index in [1.54, 1.807) is 0 Å². The van der Waals surface area contributed by atoms with E-state index in [-0.39, 0.29) is 60.5 Å². The average Bonchev–Trinajstić information content (AvgIpc) is 0.811. The van der Waals surface area contributed by atoms with Gasteiger partial charge >= 0.3 is 25.0 Å².